The molecule has 82 heavy (non-hydrogen) atoms. The molecule has 6 heteroatoms. The quantitative estimate of drug-likeness (QED) is 0.163. The van der Waals surface area contributed by atoms with E-state index < -0.39 is 0 Å². The first-order valence-electron chi connectivity index (χ1n) is 30.9. The van der Waals surface area contributed by atoms with E-state index in [0.29, 0.717) is 0 Å². The molecule has 3 nitrogen and oxygen atoms in total. The molecule has 0 N–H and O–H groups in total. The van der Waals surface area contributed by atoms with Gasteiger partial charge in [0.25, 0.3) is 6.71 Å². The van der Waals surface area contributed by atoms with E-state index in [4.69, 9.17) is 0 Å². The van der Waals surface area contributed by atoms with Crippen molar-refractivity contribution >= 4 is 132 Å². The highest BCUT2D eigenvalue weighted by molar-refractivity contribution is 7.26. The van der Waals surface area contributed by atoms with Crippen molar-refractivity contribution in [2.45, 2.75) is 179 Å². The minimum Gasteiger partial charge on any atom is -0.334 e. The molecule has 412 valence electrons. The van der Waals surface area contributed by atoms with E-state index in [2.05, 4.69) is 244 Å². The fourth-order valence-corrected chi connectivity index (χ4v) is 19.5. The highest BCUT2D eigenvalue weighted by atomic mass is 32.1. The summed E-state index contributed by atoms with van der Waals surface area (Å²) in [5, 5.41) is 5.33. The molecule has 5 heterocycles. The van der Waals surface area contributed by atoms with Crippen LogP contribution in [-0.2, 0) is 32.5 Å². The molecule has 2 atom stereocenters. The third-order valence-electron chi connectivity index (χ3n) is 22.5. The number of anilines is 8. The molecular weight excluding hydrogens is 1030 g/mol. The van der Waals surface area contributed by atoms with Crippen LogP contribution in [0.1, 0.15) is 175 Å². The Morgan fingerprint density at radius 2 is 0.988 bits per heavy atom. The lowest BCUT2D eigenvalue weighted by atomic mass is 9.33. The molecule has 2 unspecified atom stereocenters. The Morgan fingerprint density at radius 1 is 0.402 bits per heavy atom. The summed E-state index contributed by atoms with van der Waals surface area (Å²) in [6.45, 7) is 32.5. The molecule has 0 bridgehead atoms. The summed E-state index contributed by atoms with van der Waals surface area (Å²) in [7, 11) is 0. The van der Waals surface area contributed by atoms with Crippen LogP contribution < -0.4 is 31.1 Å². The molecule has 0 amide bonds. The molecule has 2 aromatic heterocycles. The van der Waals surface area contributed by atoms with Gasteiger partial charge in [-0.25, -0.2) is 0 Å². The van der Waals surface area contributed by atoms with E-state index in [1.54, 1.807) is 0 Å². The number of hydrogen-bond donors (Lipinski definition) is 0. The summed E-state index contributed by atoms with van der Waals surface area (Å²) in [5.74, 6) is 0. The zero-order valence-electron chi connectivity index (χ0n) is 50.7. The Bertz CT molecular complexity index is 4430. The molecule has 0 saturated heterocycles. The van der Waals surface area contributed by atoms with Crippen LogP contribution in [-0.4, -0.2) is 12.3 Å². The van der Waals surface area contributed by atoms with Gasteiger partial charge in [-0.2, -0.15) is 0 Å². The summed E-state index contributed by atoms with van der Waals surface area (Å²) in [5.41, 5.74) is 23.6. The van der Waals surface area contributed by atoms with Gasteiger partial charge in [0.15, 0.2) is 0 Å². The van der Waals surface area contributed by atoms with Crippen molar-refractivity contribution in [2.24, 2.45) is 0 Å². The summed E-state index contributed by atoms with van der Waals surface area (Å²) in [6.07, 6.45) is 9.46. The number of rotatable bonds is 3. The molecule has 0 radical (unpaired) electrons. The predicted molar refractivity (Wildman–Crippen MR) is 358 cm³/mol. The maximum atomic E-state index is 2.88. The van der Waals surface area contributed by atoms with Crippen LogP contribution in [0.15, 0.2) is 140 Å². The molecule has 8 aromatic carbocycles. The van der Waals surface area contributed by atoms with Gasteiger partial charge >= 0.3 is 0 Å². The highest BCUT2D eigenvalue weighted by Crippen LogP contribution is 2.63. The third-order valence-corrected chi connectivity index (χ3v) is 24.7. The largest absolute Gasteiger partial charge is 0.334 e. The maximum Gasteiger partial charge on any atom is 0.252 e. The van der Waals surface area contributed by atoms with Gasteiger partial charge in [-0.15, -0.1) is 22.7 Å². The molecule has 1 fully saturated rings. The van der Waals surface area contributed by atoms with Gasteiger partial charge < -0.3 is 14.7 Å². The summed E-state index contributed by atoms with van der Waals surface area (Å²) in [6, 6.07) is 56.9. The van der Waals surface area contributed by atoms with Crippen LogP contribution in [0.4, 0.5) is 45.5 Å². The van der Waals surface area contributed by atoms with Crippen molar-refractivity contribution in [1.29, 1.82) is 0 Å². The Labute approximate surface area is 495 Å². The molecule has 16 rings (SSSR count). The smallest absolute Gasteiger partial charge is 0.252 e. The average molecular weight is 1110 g/mol. The second-order valence-corrected chi connectivity index (χ2v) is 32.3. The first kappa shape index (κ1) is 51.3. The van der Waals surface area contributed by atoms with Crippen LogP contribution in [0, 0.1) is 0 Å². The van der Waals surface area contributed by atoms with E-state index in [-0.39, 0.29) is 44.7 Å². The van der Waals surface area contributed by atoms with Gasteiger partial charge in [0.1, 0.15) is 0 Å². The van der Waals surface area contributed by atoms with E-state index in [0.717, 1.165) is 12.8 Å². The SMILES string of the molecule is CC(C)(C)c1ccc2c(c1)C1(C)CCCCC1(C)N2c1cc2c3c(c1)N(c1cccc4sc5ccccc5c14)c1cc4c(cc1B3c1cc3c(cc1N2c1ccc2c(c1)C(C)(C)CCC2(C)C)C(C)(C)CCC3(C)C)sc1ccccc14. The van der Waals surface area contributed by atoms with E-state index in [1.807, 2.05) is 22.7 Å². The zero-order chi connectivity index (χ0) is 56.6. The fourth-order valence-electron chi connectivity index (χ4n) is 17.2. The van der Waals surface area contributed by atoms with Crippen LogP contribution in [0.3, 0.4) is 0 Å². The Kier molecular flexibility index (Phi) is 10.5. The van der Waals surface area contributed by atoms with Crippen molar-refractivity contribution in [3.05, 3.63) is 173 Å². The Balaban J connectivity index is 1.09. The van der Waals surface area contributed by atoms with Crippen molar-refractivity contribution in [1.82, 2.24) is 0 Å². The van der Waals surface area contributed by atoms with E-state index in [9.17, 15) is 0 Å². The van der Waals surface area contributed by atoms with Gasteiger partial charge in [0.2, 0.25) is 0 Å². The molecule has 1 saturated carbocycles. The molecule has 3 aliphatic carbocycles. The Morgan fingerprint density at radius 3 is 1.71 bits per heavy atom. The second kappa shape index (κ2) is 16.7. The third kappa shape index (κ3) is 6.89. The van der Waals surface area contributed by atoms with Crippen LogP contribution in [0.25, 0.3) is 40.3 Å². The zero-order valence-corrected chi connectivity index (χ0v) is 52.3. The van der Waals surface area contributed by atoms with Gasteiger partial charge in [-0.05, 0) is 195 Å². The first-order chi connectivity index (χ1) is 39.0. The lowest BCUT2D eigenvalue weighted by molar-refractivity contribution is 0.195. The second-order valence-electron chi connectivity index (χ2n) is 30.1. The minimum absolute atomic E-state index is 0.0123. The lowest BCUT2D eigenvalue weighted by Crippen LogP contribution is -2.62. The molecular formula is C76H78BN3S2. The molecule has 10 aromatic rings. The fraction of sp³-hybridized carbons (Fsp3) is 0.368. The van der Waals surface area contributed by atoms with E-state index in [1.165, 1.54) is 174 Å². The van der Waals surface area contributed by atoms with Crippen LogP contribution >= 0.6 is 22.7 Å². The topological polar surface area (TPSA) is 9.72 Å². The van der Waals surface area contributed by atoms with Gasteiger partial charge in [0, 0.05) is 85.6 Å². The van der Waals surface area contributed by atoms with Crippen LogP contribution in [0.5, 0.6) is 0 Å². The standard InChI is InChI=1S/C76H78BN3S2/c1-70(2,3)45-27-30-58-55(37-45)75(12)31-18-19-32-76(75,13)80(58)47-39-62-69-63(40-47)79(59-23-20-26-66-68(59)49-22-15-17-25-65(49)81-66)60-41-50-48-21-14-16-24-64(48)82-67(50)44-57(60)77(69)56-42-53-54(74(10,11)36-35-73(53,8)9)43-61(56)78(62)46-28-29-51-52(38-46)72(6,7)34-33-71(51,4)5/h14-17,20-30,37-44H,18-19,31-36H2,1-13H3. The number of hydrogen-bond acceptors (Lipinski definition) is 5. The summed E-state index contributed by atoms with van der Waals surface area (Å²) >= 11 is 3.89. The predicted octanol–water partition coefficient (Wildman–Crippen LogP) is 20.2. The monoisotopic (exact) mass is 1110 g/mol. The highest BCUT2D eigenvalue weighted by Gasteiger charge is 2.59. The van der Waals surface area contributed by atoms with Gasteiger partial charge in [0.05, 0.1) is 11.2 Å². The first-order valence-corrected chi connectivity index (χ1v) is 32.5. The number of benzene rings is 8. The molecule has 0 spiro atoms. The van der Waals surface area contributed by atoms with Crippen molar-refractivity contribution in [3.63, 3.8) is 0 Å². The molecule has 3 aliphatic heterocycles. The molecule has 6 aliphatic rings. The van der Waals surface area contributed by atoms with Gasteiger partial charge in [-0.1, -0.05) is 163 Å². The Hall–Kier alpha value is -6.34. The van der Waals surface area contributed by atoms with Crippen molar-refractivity contribution in [3.8, 4) is 0 Å². The van der Waals surface area contributed by atoms with Crippen molar-refractivity contribution < 1.29 is 0 Å². The van der Waals surface area contributed by atoms with E-state index >= 15 is 0 Å². The summed E-state index contributed by atoms with van der Waals surface area (Å²) < 4.78 is 5.36. The summed E-state index contributed by atoms with van der Waals surface area (Å²) in [4.78, 5) is 8.46. The van der Waals surface area contributed by atoms with Gasteiger partial charge in [-0.3, -0.25) is 0 Å². The average Bonchev–Trinajstić information content (AvgIpc) is 1.41. The number of fused-ring (bicyclic) bond motifs is 15. The number of nitrogens with zero attached hydrogens (tertiary/aromatic N) is 3. The minimum atomic E-state index is -0.166. The maximum absolute atomic E-state index is 2.88. The lowest BCUT2D eigenvalue weighted by Gasteiger charge is -2.51. The van der Waals surface area contributed by atoms with Crippen LogP contribution in [0.2, 0.25) is 0 Å². The number of thiophene rings is 2. The normalized spacial score (nSPS) is 22.5. The van der Waals surface area contributed by atoms with Crippen molar-refractivity contribution in [2.75, 3.05) is 14.7 Å².